The van der Waals surface area contributed by atoms with E-state index in [9.17, 15) is 4.79 Å². The Labute approximate surface area is 64.5 Å². The van der Waals surface area contributed by atoms with Gasteiger partial charge in [0.1, 0.15) is 12.0 Å². The van der Waals surface area contributed by atoms with Crippen molar-refractivity contribution in [2.45, 2.75) is 18.8 Å². The molecule has 2 rings (SSSR count). The first-order valence-electron chi connectivity index (χ1n) is 3.67. The molecule has 0 aromatic carbocycles. The number of aldehydes is 1. The third kappa shape index (κ3) is 1.27. The smallest absolute Gasteiger partial charge is 0.168 e. The first-order chi connectivity index (χ1) is 5.40. The summed E-state index contributed by atoms with van der Waals surface area (Å²) in [5, 5.41) is 0. The maximum absolute atomic E-state index is 10.3. The lowest BCUT2D eigenvalue weighted by atomic mass is 10.2. The van der Waals surface area contributed by atoms with Crippen molar-refractivity contribution in [2.75, 3.05) is 0 Å². The molecule has 3 nitrogen and oxygen atoms in total. The van der Waals surface area contributed by atoms with Crippen molar-refractivity contribution in [3.63, 3.8) is 0 Å². The minimum absolute atomic E-state index is 0.488. The molecule has 1 heterocycles. The summed E-state index contributed by atoms with van der Waals surface area (Å²) < 4.78 is 0. The Balaban J connectivity index is 2.33. The largest absolute Gasteiger partial charge is 0.296 e. The second-order valence-electron chi connectivity index (χ2n) is 2.76. The van der Waals surface area contributed by atoms with E-state index in [1.807, 2.05) is 0 Å². The van der Waals surface area contributed by atoms with Crippen molar-refractivity contribution in [3.05, 3.63) is 23.8 Å². The molecule has 1 aromatic heterocycles. The summed E-state index contributed by atoms with van der Waals surface area (Å²) in [7, 11) is 0. The fraction of sp³-hybridized carbons (Fsp3) is 0.375. The van der Waals surface area contributed by atoms with Crippen LogP contribution in [0.15, 0.2) is 12.4 Å². The molecule has 1 saturated carbocycles. The molecular weight excluding hydrogens is 140 g/mol. The maximum Gasteiger partial charge on any atom is 0.168 e. The van der Waals surface area contributed by atoms with Gasteiger partial charge in [-0.1, -0.05) is 0 Å². The lowest BCUT2D eigenvalue weighted by molar-refractivity contribution is 0.111. The Bertz CT molecular complexity index is 281. The number of aromatic nitrogens is 2. The molecular formula is C8H8N2O. The van der Waals surface area contributed by atoms with Gasteiger partial charge in [-0.2, -0.15) is 0 Å². The number of hydrogen-bond donors (Lipinski definition) is 0. The Morgan fingerprint density at radius 1 is 1.45 bits per heavy atom. The van der Waals surface area contributed by atoms with E-state index in [1.165, 1.54) is 19.2 Å². The summed E-state index contributed by atoms with van der Waals surface area (Å²) >= 11 is 0. The van der Waals surface area contributed by atoms with Crippen LogP contribution < -0.4 is 0 Å². The van der Waals surface area contributed by atoms with Gasteiger partial charge in [0.05, 0.1) is 0 Å². The molecule has 0 unspecified atom stereocenters. The molecule has 0 aliphatic heterocycles. The van der Waals surface area contributed by atoms with Crippen molar-refractivity contribution in [3.8, 4) is 0 Å². The average molecular weight is 148 g/mol. The van der Waals surface area contributed by atoms with E-state index in [2.05, 4.69) is 9.97 Å². The van der Waals surface area contributed by atoms with E-state index >= 15 is 0 Å². The molecule has 56 valence electrons. The summed E-state index contributed by atoms with van der Waals surface area (Å²) in [6.07, 6.45) is 4.62. The molecule has 0 spiro atoms. The number of carbonyl (C=O) groups is 1. The van der Waals surface area contributed by atoms with Gasteiger partial charge in [0.25, 0.3) is 0 Å². The summed E-state index contributed by atoms with van der Waals surface area (Å²) in [5.41, 5.74) is 1.50. The molecule has 0 saturated heterocycles. The summed E-state index contributed by atoms with van der Waals surface area (Å²) in [6.45, 7) is 0. The van der Waals surface area contributed by atoms with Crippen molar-refractivity contribution in [2.24, 2.45) is 0 Å². The zero-order valence-electron chi connectivity index (χ0n) is 6.03. The fourth-order valence-electron chi connectivity index (χ4n) is 1.06. The fourth-order valence-corrected chi connectivity index (χ4v) is 1.06. The van der Waals surface area contributed by atoms with Gasteiger partial charge < -0.3 is 0 Å². The zero-order valence-corrected chi connectivity index (χ0v) is 6.03. The SMILES string of the molecule is O=Cc1cc(C2CC2)ncn1. The quantitative estimate of drug-likeness (QED) is 0.591. The van der Waals surface area contributed by atoms with E-state index in [0.717, 1.165) is 12.0 Å². The van der Waals surface area contributed by atoms with Gasteiger partial charge in [-0.3, -0.25) is 4.79 Å². The molecule has 0 bridgehead atoms. The van der Waals surface area contributed by atoms with Gasteiger partial charge >= 0.3 is 0 Å². The topological polar surface area (TPSA) is 42.9 Å². The van der Waals surface area contributed by atoms with E-state index < -0.39 is 0 Å². The molecule has 0 radical (unpaired) electrons. The van der Waals surface area contributed by atoms with Crippen LogP contribution in [0, 0.1) is 0 Å². The van der Waals surface area contributed by atoms with Crippen LogP contribution in [0.4, 0.5) is 0 Å². The second kappa shape index (κ2) is 2.42. The van der Waals surface area contributed by atoms with E-state index in [4.69, 9.17) is 0 Å². The van der Waals surface area contributed by atoms with Crippen LogP contribution in [0.25, 0.3) is 0 Å². The predicted molar refractivity (Wildman–Crippen MR) is 39.4 cm³/mol. The highest BCUT2D eigenvalue weighted by atomic mass is 16.1. The molecule has 0 amide bonds. The van der Waals surface area contributed by atoms with E-state index in [0.29, 0.717) is 11.6 Å². The van der Waals surface area contributed by atoms with Crippen LogP contribution in [0.2, 0.25) is 0 Å². The minimum Gasteiger partial charge on any atom is -0.296 e. The number of carbonyl (C=O) groups excluding carboxylic acids is 1. The molecule has 0 atom stereocenters. The molecule has 11 heavy (non-hydrogen) atoms. The normalized spacial score (nSPS) is 16.4. The highest BCUT2D eigenvalue weighted by molar-refractivity contribution is 5.71. The number of rotatable bonds is 2. The second-order valence-corrected chi connectivity index (χ2v) is 2.76. The Morgan fingerprint density at radius 2 is 2.27 bits per heavy atom. The van der Waals surface area contributed by atoms with Crippen LogP contribution in [0.3, 0.4) is 0 Å². The van der Waals surface area contributed by atoms with Gasteiger partial charge in [-0.15, -0.1) is 0 Å². The monoisotopic (exact) mass is 148 g/mol. The van der Waals surface area contributed by atoms with Gasteiger partial charge in [0, 0.05) is 11.6 Å². The van der Waals surface area contributed by atoms with Gasteiger partial charge in [0.2, 0.25) is 0 Å². The van der Waals surface area contributed by atoms with Crippen molar-refractivity contribution >= 4 is 6.29 Å². The maximum atomic E-state index is 10.3. The Hall–Kier alpha value is -1.25. The molecule has 0 N–H and O–H groups in total. The van der Waals surface area contributed by atoms with E-state index in [1.54, 1.807) is 6.07 Å². The van der Waals surface area contributed by atoms with E-state index in [-0.39, 0.29) is 0 Å². The molecule has 1 aromatic rings. The first-order valence-corrected chi connectivity index (χ1v) is 3.67. The van der Waals surface area contributed by atoms with Gasteiger partial charge in [-0.25, -0.2) is 9.97 Å². The van der Waals surface area contributed by atoms with Crippen LogP contribution in [-0.4, -0.2) is 16.3 Å². The molecule has 3 heteroatoms. The third-order valence-corrected chi connectivity index (χ3v) is 1.83. The van der Waals surface area contributed by atoms with Crippen LogP contribution in [0.1, 0.15) is 34.9 Å². The highest BCUT2D eigenvalue weighted by Gasteiger charge is 2.24. The lowest BCUT2D eigenvalue weighted by Gasteiger charge is -1.94. The van der Waals surface area contributed by atoms with Crippen molar-refractivity contribution < 1.29 is 4.79 Å². The Morgan fingerprint density at radius 3 is 2.91 bits per heavy atom. The summed E-state index contributed by atoms with van der Waals surface area (Å²) in [4.78, 5) is 18.2. The van der Waals surface area contributed by atoms with Gasteiger partial charge in [0.15, 0.2) is 6.29 Å². The standard InChI is InChI=1S/C8H8N2O/c11-4-7-3-8(6-1-2-6)10-5-9-7/h3-6H,1-2H2. The van der Waals surface area contributed by atoms with Crippen LogP contribution in [0.5, 0.6) is 0 Å². The molecule has 1 aliphatic carbocycles. The zero-order chi connectivity index (χ0) is 7.68. The highest BCUT2D eigenvalue weighted by Crippen LogP contribution is 2.38. The lowest BCUT2D eigenvalue weighted by Crippen LogP contribution is -1.92. The van der Waals surface area contributed by atoms with Crippen molar-refractivity contribution in [1.82, 2.24) is 9.97 Å². The van der Waals surface area contributed by atoms with Crippen LogP contribution in [-0.2, 0) is 0 Å². The number of nitrogens with zero attached hydrogens (tertiary/aromatic N) is 2. The third-order valence-electron chi connectivity index (χ3n) is 1.83. The van der Waals surface area contributed by atoms with Gasteiger partial charge in [-0.05, 0) is 18.9 Å². The first kappa shape index (κ1) is 6.46. The predicted octanol–water partition coefficient (Wildman–Crippen LogP) is 1.17. The summed E-state index contributed by atoms with van der Waals surface area (Å²) in [6, 6.07) is 1.77. The van der Waals surface area contributed by atoms with Crippen LogP contribution >= 0.6 is 0 Å². The number of hydrogen-bond acceptors (Lipinski definition) is 3. The summed E-state index contributed by atoms with van der Waals surface area (Å²) in [5.74, 6) is 0.594. The average Bonchev–Trinajstić information content (AvgIpc) is 2.87. The Kier molecular flexibility index (Phi) is 1.42. The van der Waals surface area contributed by atoms with Crippen molar-refractivity contribution in [1.29, 1.82) is 0 Å². The molecule has 1 aliphatic rings. The minimum atomic E-state index is 0.488. The molecule has 1 fully saturated rings.